The van der Waals surface area contributed by atoms with E-state index in [4.69, 9.17) is 4.42 Å². The minimum atomic E-state index is -0.224. The van der Waals surface area contributed by atoms with Crippen LogP contribution in [0, 0.1) is 13.8 Å². The largest absolute Gasteiger partial charge is 0.468 e. The first-order valence-corrected chi connectivity index (χ1v) is 11.9. The molecule has 0 spiro atoms. The van der Waals surface area contributed by atoms with E-state index in [0.29, 0.717) is 18.7 Å². The molecule has 0 saturated carbocycles. The van der Waals surface area contributed by atoms with Crippen molar-refractivity contribution in [3.63, 3.8) is 0 Å². The van der Waals surface area contributed by atoms with Gasteiger partial charge in [-0.15, -0.1) is 5.10 Å². The average Bonchev–Trinajstić information content (AvgIpc) is 3.48. The quantitative estimate of drug-likeness (QED) is 0.375. The number of benzene rings is 1. The number of nitrogens with one attached hydrogen (secondary N) is 1. The van der Waals surface area contributed by atoms with E-state index in [1.54, 1.807) is 6.26 Å². The van der Waals surface area contributed by atoms with Crippen molar-refractivity contribution in [3.05, 3.63) is 75.2 Å². The number of aryl methyl sites for hydroxylation is 2. The summed E-state index contributed by atoms with van der Waals surface area (Å²) < 4.78 is 7.60. The first-order chi connectivity index (χ1) is 16.2. The first-order valence-electron chi connectivity index (χ1n) is 11.9. The fourth-order valence-electron chi connectivity index (χ4n) is 4.52. The molecule has 0 saturated heterocycles. The van der Waals surface area contributed by atoms with Crippen molar-refractivity contribution in [2.24, 2.45) is 0 Å². The number of rotatable bonds is 9. The van der Waals surface area contributed by atoms with Crippen molar-refractivity contribution in [2.75, 3.05) is 0 Å². The van der Waals surface area contributed by atoms with Gasteiger partial charge in [-0.1, -0.05) is 19.9 Å². The van der Waals surface area contributed by atoms with Gasteiger partial charge in [-0.3, -0.25) is 9.69 Å². The second kappa shape index (κ2) is 9.54. The number of furan rings is 1. The molecule has 0 radical (unpaired) electrons. The van der Waals surface area contributed by atoms with Gasteiger partial charge in [0.15, 0.2) is 5.82 Å². The van der Waals surface area contributed by atoms with E-state index in [-0.39, 0.29) is 17.1 Å². The molecule has 180 valence electrons. The highest BCUT2D eigenvalue weighted by Crippen LogP contribution is 2.30. The number of pyridine rings is 1. The Kier molecular flexibility index (Phi) is 6.70. The number of nitrogens with zero attached hydrogens (tertiary/aromatic N) is 5. The predicted molar refractivity (Wildman–Crippen MR) is 132 cm³/mol. The van der Waals surface area contributed by atoms with Gasteiger partial charge in [0.2, 0.25) is 0 Å². The molecule has 1 aromatic carbocycles. The van der Waals surface area contributed by atoms with Gasteiger partial charge in [0.25, 0.3) is 5.56 Å². The van der Waals surface area contributed by atoms with E-state index in [1.807, 2.05) is 35.9 Å². The molecule has 0 fully saturated rings. The molecule has 3 heterocycles. The Bertz CT molecular complexity index is 1320. The molecule has 34 heavy (non-hydrogen) atoms. The molecule has 3 aromatic heterocycles. The standard InChI is InChI=1S/C26H34N6O2/c1-7-23(24-28-29-30-32(24)26(5,6)8-2)31(16-20-10-9-11-34-20)15-19-14-21-18(4)12-17(3)13-22(21)27-25(19)33/h9-14,23H,7-8,15-16H2,1-6H3,(H,27,33)/t23-/m1/s1. The maximum atomic E-state index is 13.1. The van der Waals surface area contributed by atoms with Gasteiger partial charge in [-0.25, -0.2) is 4.68 Å². The maximum Gasteiger partial charge on any atom is 0.252 e. The third-order valence-corrected chi connectivity index (χ3v) is 6.76. The smallest absolute Gasteiger partial charge is 0.252 e. The highest BCUT2D eigenvalue weighted by molar-refractivity contribution is 5.83. The van der Waals surface area contributed by atoms with Gasteiger partial charge in [-0.2, -0.15) is 0 Å². The molecule has 4 rings (SSSR count). The Balaban J connectivity index is 1.78. The summed E-state index contributed by atoms with van der Waals surface area (Å²) in [6, 6.07) is 9.91. The molecule has 1 N–H and O–H groups in total. The van der Waals surface area contributed by atoms with Crippen LogP contribution in [0.25, 0.3) is 10.9 Å². The van der Waals surface area contributed by atoms with Gasteiger partial charge < -0.3 is 9.40 Å². The third kappa shape index (κ3) is 4.68. The minimum Gasteiger partial charge on any atom is -0.468 e. The molecular formula is C26H34N6O2. The van der Waals surface area contributed by atoms with Crippen LogP contribution in [0.5, 0.6) is 0 Å². The zero-order chi connectivity index (χ0) is 24.5. The summed E-state index contributed by atoms with van der Waals surface area (Å²) in [4.78, 5) is 18.4. The van der Waals surface area contributed by atoms with Crippen LogP contribution in [0.4, 0.5) is 0 Å². The van der Waals surface area contributed by atoms with Crippen molar-refractivity contribution >= 4 is 10.9 Å². The monoisotopic (exact) mass is 462 g/mol. The summed E-state index contributed by atoms with van der Waals surface area (Å²) in [5, 5.41) is 13.8. The molecule has 0 bridgehead atoms. The summed E-state index contributed by atoms with van der Waals surface area (Å²) in [6.07, 6.45) is 3.35. The van der Waals surface area contributed by atoms with E-state index in [1.165, 1.54) is 0 Å². The normalized spacial score (nSPS) is 13.1. The number of hydrogen-bond donors (Lipinski definition) is 1. The van der Waals surface area contributed by atoms with E-state index >= 15 is 0 Å². The van der Waals surface area contributed by atoms with Crippen molar-refractivity contribution in [1.82, 2.24) is 30.1 Å². The molecule has 4 aromatic rings. The molecule has 8 nitrogen and oxygen atoms in total. The molecule has 0 aliphatic rings. The molecule has 0 amide bonds. The van der Waals surface area contributed by atoms with E-state index in [0.717, 1.165) is 46.5 Å². The minimum absolute atomic E-state index is 0.0784. The maximum absolute atomic E-state index is 13.1. The van der Waals surface area contributed by atoms with Crippen molar-refractivity contribution in [1.29, 1.82) is 0 Å². The second-order valence-corrected chi connectivity index (χ2v) is 9.69. The Morgan fingerprint density at radius 2 is 1.97 bits per heavy atom. The van der Waals surface area contributed by atoms with Gasteiger partial charge in [0.05, 0.1) is 24.4 Å². The second-order valence-electron chi connectivity index (χ2n) is 9.69. The predicted octanol–water partition coefficient (Wildman–Crippen LogP) is 5.02. The van der Waals surface area contributed by atoms with Gasteiger partial charge in [0.1, 0.15) is 5.76 Å². The van der Waals surface area contributed by atoms with Gasteiger partial charge in [0, 0.05) is 23.0 Å². The van der Waals surface area contributed by atoms with Crippen LogP contribution in [-0.2, 0) is 18.6 Å². The zero-order valence-corrected chi connectivity index (χ0v) is 20.9. The summed E-state index contributed by atoms with van der Waals surface area (Å²) >= 11 is 0. The van der Waals surface area contributed by atoms with E-state index in [2.05, 4.69) is 66.1 Å². The van der Waals surface area contributed by atoms with Crippen LogP contribution in [0.3, 0.4) is 0 Å². The van der Waals surface area contributed by atoms with Crippen molar-refractivity contribution < 1.29 is 4.42 Å². The average molecular weight is 463 g/mol. The zero-order valence-electron chi connectivity index (χ0n) is 20.9. The lowest BCUT2D eigenvalue weighted by atomic mass is 10.0. The lowest BCUT2D eigenvalue weighted by Crippen LogP contribution is -2.36. The Morgan fingerprint density at radius 1 is 1.18 bits per heavy atom. The van der Waals surface area contributed by atoms with Gasteiger partial charge >= 0.3 is 0 Å². The Labute approximate surface area is 200 Å². The SMILES string of the molecule is CC[C@H](c1nnnn1C(C)(C)CC)N(Cc1ccco1)Cc1cc2c(C)cc(C)cc2[nH]c1=O. The molecular weight excluding hydrogens is 428 g/mol. The summed E-state index contributed by atoms with van der Waals surface area (Å²) in [5.41, 5.74) is 3.54. The van der Waals surface area contributed by atoms with E-state index in [9.17, 15) is 4.79 Å². The fourth-order valence-corrected chi connectivity index (χ4v) is 4.52. The topological polar surface area (TPSA) is 92.8 Å². The number of hydrogen-bond acceptors (Lipinski definition) is 6. The molecule has 0 aliphatic carbocycles. The van der Waals surface area contributed by atoms with Crippen molar-refractivity contribution in [3.8, 4) is 0 Å². The van der Waals surface area contributed by atoms with Gasteiger partial charge in [-0.05, 0) is 86.4 Å². The number of aromatic nitrogens is 5. The summed E-state index contributed by atoms with van der Waals surface area (Å²) in [7, 11) is 0. The van der Waals surface area contributed by atoms with Crippen LogP contribution in [0.1, 0.15) is 74.9 Å². The molecule has 1 atom stereocenters. The number of aromatic amines is 1. The number of H-pyrrole nitrogens is 1. The number of tetrazole rings is 1. The fraction of sp³-hybridized carbons (Fsp3) is 0.462. The first kappa shape index (κ1) is 23.9. The van der Waals surface area contributed by atoms with Crippen LogP contribution >= 0.6 is 0 Å². The molecule has 0 aliphatic heterocycles. The lowest BCUT2D eigenvalue weighted by molar-refractivity contribution is 0.140. The Hall–Kier alpha value is -3.26. The molecule has 0 unspecified atom stereocenters. The highest BCUT2D eigenvalue weighted by Gasteiger charge is 2.31. The van der Waals surface area contributed by atoms with E-state index < -0.39 is 0 Å². The highest BCUT2D eigenvalue weighted by atomic mass is 16.3. The lowest BCUT2D eigenvalue weighted by Gasteiger charge is -2.32. The Morgan fingerprint density at radius 3 is 2.65 bits per heavy atom. The summed E-state index contributed by atoms with van der Waals surface area (Å²) in [5.74, 6) is 1.63. The van der Waals surface area contributed by atoms with Crippen LogP contribution in [0.15, 0.2) is 45.8 Å². The third-order valence-electron chi connectivity index (χ3n) is 6.76. The van der Waals surface area contributed by atoms with Crippen LogP contribution in [0.2, 0.25) is 0 Å². The van der Waals surface area contributed by atoms with Crippen LogP contribution < -0.4 is 5.56 Å². The van der Waals surface area contributed by atoms with Crippen LogP contribution in [-0.4, -0.2) is 30.1 Å². The molecule has 8 heteroatoms. The number of fused-ring (bicyclic) bond motifs is 1. The van der Waals surface area contributed by atoms with Crippen molar-refractivity contribution in [2.45, 2.75) is 79.1 Å². The summed E-state index contributed by atoms with van der Waals surface area (Å²) in [6.45, 7) is 13.6.